The summed E-state index contributed by atoms with van der Waals surface area (Å²) in [6.07, 6.45) is 2.79. The maximum Gasteiger partial charge on any atom is 0.412 e. The third-order valence-corrected chi connectivity index (χ3v) is 5.13. The topological polar surface area (TPSA) is 122 Å². The summed E-state index contributed by atoms with van der Waals surface area (Å²) in [5, 5.41) is 11.8. The lowest BCUT2D eigenvalue weighted by atomic mass is 10.1. The number of nitrogens with zero attached hydrogens (tertiary/aromatic N) is 5. The van der Waals surface area contributed by atoms with Crippen molar-refractivity contribution in [3.63, 3.8) is 0 Å². The molecule has 0 fully saturated rings. The van der Waals surface area contributed by atoms with E-state index in [9.17, 15) is 4.79 Å². The van der Waals surface area contributed by atoms with Crippen molar-refractivity contribution in [3.05, 3.63) is 42.9 Å². The van der Waals surface area contributed by atoms with Crippen LogP contribution in [-0.2, 0) is 4.74 Å². The summed E-state index contributed by atoms with van der Waals surface area (Å²) in [6, 6.07) is 9.60. The van der Waals surface area contributed by atoms with Crippen molar-refractivity contribution in [2.75, 3.05) is 18.2 Å². The average molecular weight is 464 g/mol. The highest BCUT2D eigenvalue weighted by Crippen LogP contribution is 2.37. The minimum atomic E-state index is -0.612. The molecule has 10 nitrogen and oxygen atoms in total. The number of hydrogen-bond acceptors (Lipinski definition) is 7. The van der Waals surface area contributed by atoms with Crippen molar-refractivity contribution >= 4 is 23.1 Å². The van der Waals surface area contributed by atoms with Crippen molar-refractivity contribution in [1.82, 2.24) is 24.4 Å². The molecule has 1 amide bonds. The molecular weight excluding hydrogens is 434 g/mol. The summed E-state index contributed by atoms with van der Waals surface area (Å²) in [5.74, 6) is 0.818. The lowest BCUT2D eigenvalue weighted by molar-refractivity contribution is 0.0635. The highest BCUT2D eigenvalue weighted by molar-refractivity contribution is 5.93. The number of methoxy groups -OCH3 is 1. The Hall–Kier alpha value is -4.08. The van der Waals surface area contributed by atoms with Crippen LogP contribution in [0.3, 0.4) is 0 Å². The normalized spacial score (nSPS) is 11.7. The first-order valence-electron chi connectivity index (χ1n) is 10.9. The summed E-state index contributed by atoms with van der Waals surface area (Å²) in [7, 11) is 1.54. The lowest BCUT2D eigenvalue weighted by Crippen LogP contribution is -2.27. The molecule has 0 atom stereocenters. The first kappa shape index (κ1) is 23.1. The molecule has 0 aliphatic heterocycles. The van der Waals surface area contributed by atoms with Gasteiger partial charge in [0.25, 0.3) is 0 Å². The molecule has 4 rings (SSSR count). The molecule has 34 heavy (non-hydrogen) atoms. The minimum absolute atomic E-state index is 0.230. The number of rotatable bonds is 5. The molecule has 3 aromatic heterocycles. The number of amides is 1. The molecular formula is C24H29N7O3. The van der Waals surface area contributed by atoms with Crippen LogP contribution >= 0.6 is 0 Å². The predicted octanol–water partition coefficient (Wildman–Crippen LogP) is 4.78. The number of fused-ring (bicyclic) bond motifs is 1. The molecule has 178 valence electrons. The molecule has 1 aromatic carbocycles. The largest absolute Gasteiger partial charge is 0.495 e. The number of nitrogens with one attached hydrogen (secondary N) is 1. The summed E-state index contributed by atoms with van der Waals surface area (Å²) < 4.78 is 14.5. The molecule has 0 aliphatic carbocycles. The van der Waals surface area contributed by atoms with Gasteiger partial charge in [0.05, 0.1) is 18.5 Å². The molecule has 0 aliphatic rings. The van der Waals surface area contributed by atoms with E-state index in [1.165, 1.54) is 6.33 Å². The molecule has 10 heteroatoms. The van der Waals surface area contributed by atoms with E-state index in [-0.39, 0.29) is 6.04 Å². The summed E-state index contributed by atoms with van der Waals surface area (Å²) >= 11 is 0. The Morgan fingerprint density at radius 1 is 1.18 bits per heavy atom. The molecule has 3 heterocycles. The second-order valence-electron chi connectivity index (χ2n) is 9.17. The monoisotopic (exact) mass is 463 g/mol. The number of benzene rings is 1. The Labute approximate surface area is 197 Å². The lowest BCUT2D eigenvalue weighted by Gasteiger charge is -2.20. The fourth-order valence-corrected chi connectivity index (χ4v) is 3.61. The zero-order chi connectivity index (χ0) is 24.6. The second-order valence-corrected chi connectivity index (χ2v) is 9.17. The van der Waals surface area contributed by atoms with Crippen LogP contribution in [0.5, 0.6) is 5.75 Å². The second kappa shape index (κ2) is 8.69. The van der Waals surface area contributed by atoms with E-state index in [1.807, 2.05) is 35.1 Å². The Morgan fingerprint density at radius 3 is 2.59 bits per heavy atom. The first-order valence-corrected chi connectivity index (χ1v) is 10.9. The van der Waals surface area contributed by atoms with Gasteiger partial charge in [-0.3, -0.25) is 10.00 Å². The number of aromatic nitrogens is 5. The Balaban J connectivity index is 1.78. The van der Waals surface area contributed by atoms with Crippen LogP contribution in [0.15, 0.2) is 42.9 Å². The van der Waals surface area contributed by atoms with E-state index >= 15 is 0 Å². The van der Waals surface area contributed by atoms with Crippen molar-refractivity contribution in [3.8, 4) is 28.3 Å². The first-order chi connectivity index (χ1) is 16.1. The predicted molar refractivity (Wildman–Crippen MR) is 131 cm³/mol. The molecule has 4 aromatic rings. The number of carbonyl (C=O) groups is 1. The molecule has 0 saturated heterocycles. The van der Waals surface area contributed by atoms with E-state index in [1.54, 1.807) is 38.5 Å². The van der Waals surface area contributed by atoms with E-state index in [2.05, 4.69) is 34.3 Å². The molecule has 0 bridgehead atoms. The fraction of sp³-hybridized carbons (Fsp3) is 0.333. The van der Waals surface area contributed by atoms with Gasteiger partial charge >= 0.3 is 6.09 Å². The van der Waals surface area contributed by atoms with Crippen molar-refractivity contribution in [2.45, 2.75) is 46.3 Å². The number of anilines is 2. The third-order valence-electron chi connectivity index (χ3n) is 5.13. The van der Waals surface area contributed by atoms with Gasteiger partial charge < -0.3 is 15.2 Å². The molecule has 0 saturated carbocycles. The van der Waals surface area contributed by atoms with Crippen LogP contribution in [0.1, 0.15) is 40.7 Å². The van der Waals surface area contributed by atoms with E-state index < -0.39 is 11.7 Å². The van der Waals surface area contributed by atoms with Gasteiger partial charge in [-0.15, -0.1) is 0 Å². The van der Waals surface area contributed by atoms with Crippen LogP contribution in [0.25, 0.3) is 28.0 Å². The quantitative estimate of drug-likeness (QED) is 0.437. The van der Waals surface area contributed by atoms with Crippen LogP contribution in [0, 0.1) is 0 Å². The summed E-state index contributed by atoms with van der Waals surface area (Å²) in [5.41, 5.74) is 9.98. The van der Waals surface area contributed by atoms with E-state index in [0.29, 0.717) is 22.8 Å². The van der Waals surface area contributed by atoms with Gasteiger partial charge in [-0.1, -0.05) is 6.07 Å². The van der Waals surface area contributed by atoms with Crippen LogP contribution < -0.4 is 15.8 Å². The highest BCUT2D eigenvalue weighted by Gasteiger charge is 2.21. The van der Waals surface area contributed by atoms with Gasteiger partial charge in [-0.25, -0.2) is 14.3 Å². The van der Waals surface area contributed by atoms with Crippen molar-refractivity contribution in [2.24, 2.45) is 0 Å². The number of ether oxygens (including phenoxy) is 2. The van der Waals surface area contributed by atoms with Gasteiger partial charge in [0.15, 0.2) is 5.82 Å². The highest BCUT2D eigenvalue weighted by atomic mass is 16.6. The average Bonchev–Trinajstić information content (AvgIpc) is 3.38. The molecule has 0 spiro atoms. The number of hydrogen-bond donors (Lipinski definition) is 2. The van der Waals surface area contributed by atoms with Crippen LogP contribution in [0.4, 0.5) is 16.3 Å². The van der Waals surface area contributed by atoms with Crippen molar-refractivity contribution in [1.29, 1.82) is 0 Å². The van der Waals surface area contributed by atoms with E-state index in [4.69, 9.17) is 15.2 Å². The third kappa shape index (κ3) is 4.52. The van der Waals surface area contributed by atoms with Gasteiger partial charge in [0.2, 0.25) is 0 Å². The summed E-state index contributed by atoms with van der Waals surface area (Å²) in [6.45, 7) is 9.55. The van der Waals surface area contributed by atoms with Gasteiger partial charge in [0, 0.05) is 17.8 Å². The van der Waals surface area contributed by atoms with E-state index in [0.717, 1.165) is 22.5 Å². The molecule has 3 N–H and O–H groups in total. The Morgan fingerprint density at radius 2 is 1.94 bits per heavy atom. The number of carbonyl (C=O) groups excluding carboxylic acids is 1. The Kier molecular flexibility index (Phi) is 5.90. The molecule has 0 radical (unpaired) electrons. The Bertz CT molecular complexity index is 1350. The zero-order valence-electron chi connectivity index (χ0n) is 20.2. The SMILES string of the molecule is COc1cc(-c2cc(-c3ccn(C(C)C)n3)n3ncnc(N)c23)ccc1NC(=O)OC(C)(C)C. The maximum atomic E-state index is 12.2. The van der Waals surface area contributed by atoms with Crippen molar-refractivity contribution < 1.29 is 14.3 Å². The fourth-order valence-electron chi connectivity index (χ4n) is 3.61. The van der Waals surface area contributed by atoms with Gasteiger partial charge in [-0.05, 0) is 64.4 Å². The van der Waals surface area contributed by atoms with Gasteiger partial charge in [-0.2, -0.15) is 10.2 Å². The maximum absolute atomic E-state index is 12.2. The smallest absolute Gasteiger partial charge is 0.412 e. The van der Waals surface area contributed by atoms with Gasteiger partial charge in [0.1, 0.15) is 28.9 Å². The molecule has 0 unspecified atom stereocenters. The number of nitrogen functional groups attached to an aromatic ring is 1. The van der Waals surface area contributed by atoms with Crippen LogP contribution in [0.2, 0.25) is 0 Å². The number of nitrogens with two attached hydrogens (primary N) is 1. The zero-order valence-corrected chi connectivity index (χ0v) is 20.2. The minimum Gasteiger partial charge on any atom is -0.495 e. The summed E-state index contributed by atoms with van der Waals surface area (Å²) in [4.78, 5) is 16.4. The van der Waals surface area contributed by atoms with Crippen LogP contribution in [-0.4, -0.2) is 43.2 Å². The standard InChI is InChI=1S/C24H29N7O3/c1-14(2)30-10-9-17(29-30)19-12-16(21-22(25)26-13-27-31(19)21)15-7-8-18(20(11-15)33-6)28-23(32)34-24(3,4)5/h7-14H,1-6H3,(H,28,32)(H2,25,26,27).